The number of nitrogens with zero attached hydrogens (tertiary/aromatic N) is 2. The van der Waals surface area contributed by atoms with Crippen LogP contribution in [0.5, 0.6) is 5.75 Å². The van der Waals surface area contributed by atoms with Crippen LogP contribution in [0.4, 0.5) is 10.2 Å². The van der Waals surface area contributed by atoms with E-state index in [0.717, 1.165) is 12.1 Å². The van der Waals surface area contributed by atoms with E-state index in [1.807, 2.05) is 6.07 Å². The third-order valence-corrected chi connectivity index (χ3v) is 2.98. The van der Waals surface area contributed by atoms with Gasteiger partial charge in [0.25, 0.3) is 5.56 Å². The van der Waals surface area contributed by atoms with Crippen molar-refractivity contribution in [1.82, 2.24) is 4.98 Å². The number of aromatic nitrogens is 1. The Kier molecular flexibility index (Phi) is 4.10. The number of nitriles is 2. The molecule has 0 aliphatic heterocycles. The molecule has 2 rings (SSSR count). The monoisotopic (exact) mass is 298 g/mol. The Labute approximate surface area is 125 Å². The van der Waals surface area contributed by atoms with Gasteiger partial charge in [0.15, 0.2) is 0 Å². The van der Waals surface area contributed by atoms with Gasteiger partial charge in [-0.25, -0.2) is 4.39 Å². The van der Waals surface area contributed by atoms with Crippen LogP contribution in [-0.4, -0.2) is 11.6 Å². The Balaban J connectivity index is 2.92. The van der Waals surface area contributed by atoms with E-state index in [4.69, 9.17) is 10.5 Å². The number of anilines is 1. The van der Waals surface area contributed by atoms with Gasteiger partial charge in [0.2, 0.25) is 0 Å². The lowest BCUT2D eigenvalue weighted by Gasteiger charge is -2.13. The number of nitrogens with one attached hydrogen (secondary N) is 1. The van der Waals surface area contributed by atoms with Gasteiger partial charge in [0.05, 0.1) is 6.61 Å². The van der Waals surface area contributed by atoms with Gasteiger partial charge in [0, 0.05) is 17.2 Å². The molecule has 0 spiro atoms. The number of ether oxygens (including phenoxy) is 1. The molecule has 0 atom stereocenters. The number of nitrogen functional groups attached to an aromatic ring is 1. The number of nitrogens with two attached hydrogens (primary N) is 1. The SMILES string of the molecule is CCOc1cc(F)ccc1-c1c(C#N)c(N)[nH]c(=O)c1C#N. The van der Waals surface area contributed by atoms with Crippen LogP contribution in [0.15, 0.2) is 23.0 Å². The first-order valence-corrected chi connectivity index (χ1v) is 6.32. The quantitative estimate of drug-likeness (QED) is 0.897. The second kappa shape index (κ2) is 5.98. The van der Waals surface area contributed by atoms with Gasteiger partial charge in [-0.05, 0) is 19.1 Å². The van der Waals surface area contributed by atoms with Crippen molar-refractivity contribution >= 4 is 5.82 Å². The zero-order valence-electron chi connectivity index (χ0n) is 11.6. The fourth-order valence-corrected chi connectivity index (χ4v) is 2.09. The summed E-state index contributed by atoms with van der Waals surface area (Å²) in [6.07, 6.45) is 0. The predicted octanol–water partition coefficient (Wildman–Crippen LogP) is 1.91. The number of aromatic amines is 1. The standard InChI is InChI=1S/C15H11FN4O2/c1-2-22-12-5-8(16)3-4-9(12)13-10(6-17)14(19)20-15(21)11(13)7-18/h3-5H,2H2,1H3,(H3,19,20,21). The van der Waals surface area contributed by atoms with Crippen LogP contribution in [0.3, 0.4) is 0 Å². The number of benzene rings is 1. The van der Waals surface area contributed by atoms with Crippen molar-refractivity contribution in [3.63, 3.8) is 0 Å². The van der Waals surface area contributed by atoms with E-state index in [9.17, 15) is 19.7 Å². The number of hydrogen-bond acceptors (Lipinski definition) is 5. The predicted molar refractivity (Wildman–Crippen MR) is 77.5 cm³/mol. The van der Waals surface area contributed by atoms with E-state index < -0.39 is 11.4 Å². The molecular formula is C15H11FN4O2. The van der Waals surface area contributed by atoms with Gasteiger partial charge in [-0.3, -0.25) is 4.79 Å². The molecule has 6 nitrogen and oxygen atoms in total. The maximum Gasteiger partial charge on any atom is 0.268 e. The van der Waals surface area contributed by atoms with Crippen molar-refractivity contribution in [3.8, 4) is 29.0 Å². The lowest BCUT2D eigenvalue weighted by molar-refractivity contribution is 0.339. The van der Waals surface area contributed by atoms with E-state index in [2.05, 4.69) is 4.98 Å². The van der Waals surface area contributed by atoms with E-state index in [0.29, 0.717) is 0 Å². The summed E-state index contributed by atoms with van der Waals surface area (Å²) in [6, 6.07) is 7.22. The molecule has 22 heavy (non-hydrogen) atoms. The number of rotatable bonds is 3. The van der Waals surface area contributed by atoms with Crippen LogP contribution in [0, 0.1) is 28.5 Å². The Morgan fingerprint density at radius 3 is 2.59 bits per heavy atom. The summed E-state index contributed by atoms with van der Waals surface area (Å²) in [5, 5.41) is 18.5. The van der Waals surface area contributed by atoms with E-state index >= 15 is 0 Å². The molecule has 2 aromatic rings. The molecule has 0 bridgehead atoms. The normalized spacial score (nSPS) is 9.82. The highest BCUT2D eigenvalue weighted by Gasteiger charge is 2.21. The van der Waals surface area contributed by atoms with Gasteiger partial charge in [-0.1, -0.05) is 0 Å². The molecule has 0 saturated carbocycles. The maximum absolute atomic E-state index is 13.4. The van der Waals surface area contributed by atoms with Crippen molar-refractivity contribution in [3.05, 3.63) is 45.5 Å². The number of pyridine rings is 1. The van der Waals surface area contributed by atoms with Crippen LogP contribution in [0.2, 0.25) is 0 Å². The minimum absolute atomic E-state index is 0.0368. The van der Waals surface area contributed by atoms with Gasteiger partial charge in [-0.15, -0.1) is 0 Å². The fraction of sp³-hybridized carbons (Fsp3) is 0.133. The molecule has 0 fully saturated rings. The van der Waals surface area contributed by atoms with Gasteiger partial charge < -0.3 is 15.5 Å². The van der Waals surface area contributed by atoms with Crippen LogP contribution >= 0.6 is 0 Å². The average Bonchev–Trinajstić information content (AvgIpc) is 2.47. The van der Waals surface area contributed by atoms with Gasteiger partial charge >= 0.3 is 0 Å². The molecule has 0 unspecified atom stereocenters. The minimum atomic E-state index is -0.722. The number of halogens is 1. The fourth-order valence-electron chi connectivity index (χ4n) is 2.09. The zero-order chi connectivity index (χ0) is 16.3. The first-order valence-electron chi connectivity index (χ1n) is 6.32. The summed E-state index contributed by atoms with van der Waals surface area (Å²) in [5.74, 6) is -0.573. The largest absolute Gasteiger partial charge is 0.493 e. The first kappa shape index (κ1) is 15.1. The van der Waals surface area contributed by atoms with Crippen LogP contribution in [0.1, 0.15) is 18.1 Å². The van der Waals surface area contributed by atoms with Crippen LogP contribution in [-0.2, 0) is 0 Å². The maximum atomic E-state index is 13.4. The lowest BCUT2D eigenvalue weighted by atomic mass is 9.96. The zero-order valence-corrected chi connectivity index (χ0v) is 11.6. The summed E-state index contributed by atoms with van der Waals surface area (Å²) in [7, 11) is 0. The summed E-state index contributed by atoms with van der Waals surface area (Å²) >= 11 is 0. The van der Waals surface area contributed by atoms with Gasteiger partial charge in [-0.2, -0.15) is 10.5 Å². The molecule has 0 aliphatic carbocycles. The Morgan fingerprint density at radius 2 is 2.00 bits per heavy atom. The average molecular weight is 298 g/mol. The minimum Gasteiger partial charge on any atom is -0.493 e. The van der Waals surface area contributed by atoms with Gasteiger partial charge in [0.1, 0.15) is 40.6 Å². The Hall–Kier alpha value is -3.32. The topological polar surface area (TPSA) is 116 Å². The van der Waals surface area contributed by atoms with E-state index in [1.54, 1.807) is 13.0 Å². The summed E-state index contributed by atoms with van der Waals surface area (Å²) in [5.41, 5.74) is 4.87. The van der Waals surface area contributed by atoms with Crippen molar-refractivity contribution < 1.29 is 9.13 Å². The highest BCUT2D eigenvalue weighted by molar-refractivity contribution is 5.83. The molecule has 110 valence electrons. The molecule has 7 heteroatoms. The van der Waals surface area contributed by atoms with Crippen LogP contribution < -0.4 is 16.0 Å². The summed E-state index contributed by atoms with van der Waals surface area (Å²) in [4.78, 5) is 14.1. The molecule has 0 aliphatic rings. The Bertz CT molecular complexity index is 875. The smallest absolute Gasteiger partial charge is 0.268 e. The van der Waals surface area contributed by atoms with Crippen molar-refractivity contribution in [1.29, 1.82) is 10.5 Å². The molecule has 0 amide bonds. The molecule has 0 radical (unpaired) electrons. The molecule has 3 N–H and O–H groups in total. The van der Waals surface area contributed by atoms with Crippen molar-refractivity contribution in [2.24, 2.45) is 0 Å². The molecule has 1 aromatic heterocycles. The second-order valence-corrected chi connectivity index (χ2v) is 4.29. The summed E-state index contributed by atoms with van der Waals surface area (Å²) < 4.78 is 18.7. The second-order valence-electron chi connectivity index (χ2n) is 4.29. The third kappa shape index (κ3) is 2.48. The lowest BCUT2D eigenvalue weighted by Crippen LogP contribution is -2.16. The molecule has 1 heterocycles. The first-order chi connectivity index (χ1) is 10.5. The summed E-state index contributed by atoms with van der Waals surface area (Å²) in [6.45, 7) is 1.95. The molecule has 1 aromatic carbocycles. The van der Waals surface area contributed by atoms with E-state index in [1.165, 1.54) is 6.07 Å². The number of H-pyrrole nitrogens is 1. The van der Waals surface area contributed by atoms with E-state index in [-0.39, 0.29) is 40.4 Å². The van der Waals surface area contributed by atoms with Crippen LogP contribution in [0.25, 0.3) is 11.1 Å². The van der Waals surface area contributed by atoms with Crippen molar-refractivity contribution in [2.45, 2.75) is 6.92 Å². The Morgan fingerprint density at radius 1 is 1.32 bits per heavy atom. The number of hydrogen-bond donors (Lipinski definition) is 2. The van der Waals surface area contributed by atoms with Crippen molar-refractivity contribution in [2.75, 3.05) is 12.3 Å². The molecular weight excluding hydrogens is 287 g/mol. The highest BCUT2D eigenvalue weighted by atomic mass is 19.1. The molecule has 0 saturated heterocycles. The third-order valence-electron chi connectivity index (χ3n) is 2.98. The highest BCUT2D eigenvalue weighted by Crippen LogP contribution is 2.35.